The van der Waals surface area contributed by atoms with Crippen molar-refractivity contribution >= 4 is 11.9 Å². The Morgan fingerprint density at radius 3 is 3.20 bits per heavy atom. The molecule has 0 saturated carbocycles. The average Bonchev–Trinajstić information content (AvgIpc) is 2.61. The first-order valence-electron chi connectivity index (χ1n) is 4.84. The Labute approximate surface area is 87.5 Å². The number of carbonyl (C=O) groups excluding carboxylic acids is 1. The Morgan fingerprint density at radius 2 is 2.40 bits per heavy atom. The zero-order chi connectivity index (χ0) is 10.7. The van der Waals surface area contributed by atoms with E-state index in [1.54, 1.807) is 6.20 Å². The van der Waals surface area contributed by atoms with Gasteiger partial charge >= 0.3 is 0 Å². The maximum atomic E-state index is 11.3. The predicted octanol–water partition coefficient (Wildman–Crippen LogP) is -0.649. The third-order valence-corrected chi connectivity index (χ3v) is 2.18. The summed E-state index contributed by atoms with van der Waals surface area (Å²) in [4.78, 5) is 19.6. The molecule has 2 heterocycles. The standard InChI is InChI=1S/C9H13N5O/c1-10-2-3-11-9-13-5-6-4-12-8(15)7(6)14-9/h5,10H,2-4H2,1H3,(H,12,15)(H,11,13,14). The Balaban J connectivity index is 2.08. The van der Waals surface area contributed by atoms with Gasteiger partial charge in [0.15, 0.2) is 0 Å². The molecule has 1 aliphatic rings. The smallest absolute Gasteiger partial charge is 0.270 e. The molecule has 1 aliphatic heterocycles. The maximum absolute atomic E-state index is 11.3. The van der Waals surface area contributed by atoms with Crippen LogP contribution >= 0.6 is 0 Å². The second-order valence-electron chi connectivity index (χ2n) is 3.28. The van der Waals surface area contributed by atoms with Crippen LogP contribution in [0.25, 0.3) is 0 Å². The van der Waals surface area contributed by atoms with Crippen LogP contribution in [0.15, 0.2) is 6.20 Å². The van der Waals surface area contributed by atoms with Crippen molar-refractivity contribution in [3.05, 3.63) is 17.5 Å². The molecule has 0 radical (unpaired) electrons. The van der Waals surface area contributed by atoms with Crippen LogP contribution in [0.1, 0.15) is 16.1 Å². The lowest BCUT2D eigenvalue weighted by Gasteiger charge is -2.04. The van der Waals surface area contributed by atoms with Crippen molar-refractivity contribution < 1.29 is 4.79 Å². The van der Waals surface area contributed by atoms with Crippen LogP contribution in [0.2, 0.25) is 0 Å². The first kappa shape index (κ1) is 9.85. The fraction of sp³-hybridized carbons (Fsp3) is 0.444. The van der Waals surface area contributed by atoms with E-state index in [0.29, 0.717) is 18.2 Å². The van der Waals surface area contributed by atoms with Crippen LogP contribution in [0.4, 0.5) is 5.95 Å². The van der Waals surface area contributed by atoms with Crippen molar-refractivity contribution in [1.82, 2.24) is 20.6 Å². The lowest BCUT2D eigenvalue weighted by atomic mass is 10.3. The monoisotopic (exact) mass is 207 g/mol. The molecule has 0 atom stereocenters. The number of hydrogen-bond acceptors (Lipinski definition) is 5. The number of carbonyl (C=O) groups is 1. The fourth-order valence-corrected chi connectivity index (χ4v) is 1.38. The van der Waals surface area contributed by atoms with E-state index in [4.69, 9.17) is 0 Å². The van der Waals surface area contributed by atoms with E-state index >= 15 is 0 Å². The van der Waals surface area contributed by atoms with Gasteiger partial charge in [-0.3, -0.25) is 4.79 Å². The van der Waals surface area contributed by atoms with Gasteiger partial charge in [0, 0.05) is 31.4 Å². The van der Waals surface area contributed by atoms with Gasteiger partial charge in [-0.1, -0.05) is 0 Å². The van der Waals surface area contributed by atoms with Crippen LogP contribution < -0.4 is 16.0 Å². The van der Waals surface area contributed by atoms with Crippen LogP contribution in [-0.2, 0) is 6.54 Å². The van der Waals surface area contributed by atoms with E-state index in [1.807, 2.05) is 7.05 Å². The normalized spacial score (nSPS) is 13.5. The molecule has 0 unspecified atom stereocenters. The molecule has 80 valence electrons. The first-order valence-corrected chi connectivity index (χ1v) is 4.84. The Morgan fingerprint density at radius 1 is 1.53 bits per heavy atom. The second-order valence-corrected chi connectivity index (χ2v) is 3.28. The Kier molecular flexibility index (Phi) is 2.77. The topological polar surface area (TPSA) is 78.9 Å². The van der Waals surface area contributed by atoms with E-state index in [0.717, 1.165) is 18.7 Å². The molecule has 6 nitrogen and oxygen atoms in total. The second kappa shape index (κ2) is 4.22. The summed E-state index contributed by atoms with van der Waals surface area (Å²) < 4.78 is 0. The highest BCUT2D eigenvalue weighted by molar-refractivity contribution is 5.96. The molecule has 0 aliphatic carbocycles. The van der Waals surface area contributed by atoms with Gasteiger partial charge in [0.1, 0.15) is 5.69 Å². The van der Waals surface area contributed by atoms with Crippen LogP contribution in [0.5, 0.6) is 0 Å². The molecule has 15 heavy (non-hydrogen) atoms. The summed E-state index contributed by atoms with van der Waals surface area (Å²) in [7, 11) is 1.87. The molecule has 0 saturated heterocycles. The molecule has 1 aromatic heterocycles. The zero-order valence-electron chi connectivity index (χ0n) is 8.50. The average molecular weight is 207 g/mol. The van der Waals surface area contributed by atoms with E-state index in [-0.39, 0.29) is 5.91 Å². The van der Waals surface area contributed by atoms with Crippen LogP contribution in [0.3, 0.4) is 0 Å². The van der Waals surface area contributed by atoms with Crippen molar-refractivity contribution in [2.45, 2.75) is 6.54 Å². The summed E-state index contributed by atoms with van der Waals surface area (Å²) in [5.74, 6) is 0.380. The number of amides is 1. The van der Waals surface area contributed by atoms with Gasteiger partial charge in [-0.25, -0.2) is 9.97 Å². The molecule has 0 spiro atoms. The summed E-state index contributed by atoms with van der Waals surface area (Å²) in [6.07, 6.45) is 1.68. The van der Waals surface area contributed by atoms with Crippen molar-refractivity contribution in [1.29, 1.82) is 0 Å². The summed E-state index contributed by atoms with van der Waals surface area (Å²) in [5, 5.41) is 8.73. The van der Waals surface area contributed by atoms with Gasteiger partial charge in [0.25, 0.3) is 5.91 Å². The largest absolute Gasteiger partial charge is 0.353 e. The van der Waals surface area contributed by atoms with Crippen molar-refractivity contribution in [3.8, 4) is 0 Å². The summed E-state index contributed by atoms with van der Waals surface area (Å²) in [5.41, 5.74) is 1.34. The van der Waals surface area contributed by atoms with Gasteiger partial charge in [-0.05, 0) is 7.05 Å². The first-order chi connectivity index (χ1) is 7.31. The van der Waals surface area contributed by atoms with Crippen LogP contribution in [-0.4, -0.2) is 36.0 Å². The number of likely N-dealkylation sites (N-methyl/N-ethyl adjacent to an activating group) is 1. The van der Waals surface area contributed by atoms with E-state index in [2.05, 4.69) is 25.9 Å². The lowest BCUT2D eigenvalue weighted by Crippen LogP contribution is -2.19. The van der Waals surface area contributed by atoms with Crippen molar-refractivity contribution in [3.63, 3.8) is 0 Å². The maximum Gasteiger partial charge on any atom is 0.270 e. The molecular weight excluding hydrogens is 194 g/mol. The zero-order valence-corrected chi connectivity index (χ0v) is 8.50. The minimum atomic E-state index is -0.121. The number of anilines is 1. The lowest BCUT2D eigenvalue weighted by molar-refractivity contribution is 0.0961. The molecule has 2 rings (SSSR count). The molecular formula is C9H13N5O. The predicted molar refractivity (Wildman–Crippen MR) is 55.6 cm³/mol. The number of aromatic nitrogens is 2. The molecule has 6 heteroatoms. The Hall–Kier alpha value is -1.69. The third kappa shape index (κ3) is 2.04. The van der Waals surface area contributed by atoms with Gasteiger partial charge in [0.2, 0.25) is 5.95 Å². The minimum absolute atomic E-state index is 0.121. The number of nitrogens with one attached hydrogen (secondary N) is 3. The molecule has 1 aromatic rings. The van der Waals surface area contributed by atoms with Crippen molar-refractivity contribution in [2.24, 2.45) is 0 Å². The molecule has 0 fully saturated rings. The molecule has 0 aromatic carbocycles. The Bertz CT molecular complexity index is 379. The third-order valence-electron chi connectivity index (χ3n) is 2.18. The van der Waals surface area contributed by atoms with Gasteiger partial charge in [-0.15, -0.1) is 0 Å². The molecule has 1 amide bonds. The highest BCUT2D eigenvalue weighted by Gasteiger charge is 2.21. The molecule has 0 bridgehead atoms. The minimum Gasteiger partial charge on any atom is -0.353 e. The van der Waals surface area contributed by atoms with E-state index in [9.17, 15) is 4.79 Å². The highest BCUT2D eigenvalue weighted by atomic mass is 16.2. The summed E-state index contributed by atoms with van der Waals surface area (Å²) in [6, 6.07) is 0. The number of hydrogen-bond donors (Lipinski definition) is 3. The summed E-state index contributed by atoms with van der Waals surface area (Å²) >= 11 is 0. The fourth-order valence-electron chi connectivity index (χ4n) is 1.38. The number of fused-ring (bicyclic) bond motifs is 1. The quantitative estimate of drug-likeness (QED) is 0.572. The van der Waals surface area contributed by atoms with Crippen LogP contribution in [0, 0.1) is 0 Å². The number of rotatable bonds is 4. The SMILES string of the molecule is CNCCNc1ncc2c(n1)C(=O)NC2. The summed E-state index contributed by atoms with van der Waals surface area (Å²) in [6.45, 7) is 2.09. The number of nitrogens with zero attached hydrogens (tertiary/aromatic N) is 2. The van der Waals surface area contributed by atoms with Gasteiger partial charge < -0.3 is 16.0 Å². The van der Waals surface area contributed by atoms with E-state index in [1.165, 1.54) is 0 Å². The van der Waals surface area contributed by atoms with Crippen molar-refractivity contribution in [2.75, 3.05) is 25.5 Å². The van der Waals surface area contributed by atoms with Gasteiger partial charge in [-0.2, -0.15) is 0 Å². The molecule has 3 N–H and O–H groups in total. The van der Waals surface area contributed by atoms with E-state index < -0.39 is 0 Å². The highest BCUT2D eigenvalue weighted by Crippen LogP contribution is 2.12. The van der Waals surface area contributed by atoms with Gasteiger partial charge in [0.05, 0.1) is 0 Å².